The van der Waals surface area contributed by atoms with Crippen molar-refractivity contribution in [2.24, 2.45) is 0 Å². The van der Waals surface area contributed by atoms with Gasteiger partial charge in [-0.3, -0.25) is 0 Å². The molecule has 0 aliphatic heterocycles. The molecule has 1 spiro atoms. The van der Waals surface area contributed by atoms with E-state index in [1.54, 1.807) is 0 Å². The van der Waals surface area contributed by atoms with E-state index in [1.165, 1.54) is 119 Å². The molecule has 248 valence electrons. The van der Waals surface area contributed by atoms with Crippen molar-refractivity contribution >= 4 is 63.8 Å². The summed E-state index contributed by atoms with van der Waals surface area (Å²) in [6.45, 7) is 0. The molecule has 1 aromatic heterocycles. The first-order valence-electron chi connectivity index (χ1n) is 18.8. The normalized spacial score (nSPS) is 13.7. The average Bonchev–Trinajstić information content (AvgIpc) is 3.86. The van der Waals surface area contributed by atoms with E-state index in [9.17, 15) is 0 Å². The molecule has 54 heavy (non-hydrogen) atoms. The number of fused-ring (bicyclic) bond motifs is 13. The lowest BCUT2D eigenvalue weighted by Gasteiger charge is -2.30. The Balaban J connectivity index is 1.04. The first-order chi connectivity index (χ1) is 26.8. The van der Waals surface area contributed by atoms with Gasteiger partial charge in [-0.15, -0.1) is 11.3 Å². The molecule has 0 nitrogen and oxygen atoms in total. The summed E-state index contributed by atoms with van der Waals surface area (Å²) >= 11 is 1.89. The lowest BCUT2D eigenvalue weighted by molar-refractivity contribution is 0.794. The zero-order chi connectivity index (χ0) is 35.1. The van der Waals surface area contributed by atoms with Crippen molar-refractivity contribution in [2.45, 2.75) is 5.41 Å². The van der Waals surface area contributed by atoms with Crippen LogP contribution in [-0.4, -0.2) is 0 Å². The Kier molecular flexibility index (Phi) is 5.54. The maximum Gasteiger partial charge on any atom is 0.0725 e. The number of benzene rings is 10. The minimum atomic E-state index is -0.358. The molecule has 0 saturated heterocycles. The Labute approximate surface area is 316 Å². The van der Waals surface area contributed by atoms with Crippen LogP contribution in [0.2, 0.25) is 0 Å². The van der Waals surface area contributed by atoms with Gasteiger partial charge in [0.2, 0.25) is 0 Å². The SMILES string of the molecule is c1ccc2c(c1)-c1ccccc1C21c2ccccc2-c2ccc(-c3ccc4ccc5c(-c6ccc7c(c6)sc6ccccc67)ccc6ccc3c4c65)cc21. The molecule has 0 fully saturated rings. The Bertz CT molecular complexity index is 3330. The highest BCUT2D eigenvalue weighted by atomic mass is 32.1. The van der Waals surface area contributed by atoms with E-state index in [4.69, 9.17) is 0 Å². The van der Waals surface area contributed by atoms with Gasteiger partial charge in [-0.25, -0.2) is 0 Å². The zero-order valence-electron chi connectivity index (χ0n) is 29.2. The van der Waals surface area contributed by atoms with Crippen LogP contribution in [0.5, 0.6) is 0 Å². The van der Waals surface area contributed by atoms with Crippen LogP contribution in [0.1, 0.15) is 22.3 Å². The van der Waals surface area contributed by atoms with Crippen LogP contribution in [0.25, 0.3) is 97.0 Å². The van der Waals surface area contributed by atoms with E-state index in [1.807, 2.05) is 11.3 Å². The van der Waals surface area contributed by atoms with Gasteiger partial charge in [-0.1, -0.05) is 164 Å². The molecule has 1 heterocycles. The lowest BCUT2D eigenvalue weighted by Crippen LogP contribution is -2.25. The molecule has 1 heteroatoms. The van der Waals surface area contributed by atoms with Crippen LogP contribution in [0, 0.1) is 0 Å². The Hall–Kier alpha value is -6.54. The molecule has 0 saturated carbocycles. The van der Waals surface area contributed by atoms with Gasteiger partial charge in [0.25, 0.3) is 0 Å². The lowest BCUT2D eigenvalue weighted by atomic mass is 9.70. The van der Waals surface area contributed by atoms with E-state index in [-0.39, 0.29) is 5.41 Å². The molecule has 0 radical (unpaired) electrons. The van der Waals surface area contributed by atoms with Gasteiger partial charge in [0.1, 0.15) is 0 Å². The first kappa shape index (κ1) is 29.0. The molecule has 2 aliphatic carbocycles. The highest BCUT2D eigenvalue weighted by Gasteiger charge is 2.51. The first-order valence-corrected chi connectivity index (χ1v) is 19.7. The minimum absolute atomic E-state index is 0.358. The molecule has 10 aromatic carbocycles. The second kappa shape index (κ2) is 10.3. The van der Waals surface area contributed by atoms with Crippen LogP contribution >= 0.6 is 11.3 Å². The van der Waals surface area contributed by atoms with Gasteiger partial charge in [0.15, 0.2) is 0 Å². The number of hydrogen-bond donors (Lipinski definition) is 0. The monoisotopic (exact) mass is 698 g/mol. The molecule has 0 amide bonds. The molecule has 0 N–H and O–H groups in total. The summed E-state index contributed by atoms with van der Waals surface area (Å²) < 4.78 is 2.68. The van der Waals surface area contributed by atoms with E-state index in [2.05, 4.69) is 182 Å². The van der Waals surface area contributed by atoms with E-state index in [0.717, 1.165) is 0 Å². The number of rotatable bonds is 2. The van der Waals surface area contributed by atoms with Crippen molar-refractivity contribution in [1.82, 2.24) is 0 Å². The Morgan fingerprint density at radius 1 is 0.296 bits per heavy atom. The molecule has 0 unspecified atom stereocenters. The van der Waals surface area contributed by atoms with Crippen LogP contribution in [-0.2, 0) is 5.41 Å². The quantitative estimate of drug-likeness (QED) is 0.158. The van der Waals surface area contributed by atoms with Crippen LogP contribution in [0.4, 0.5) is 0 Å². The average molecular weight is 699 g/mol. The number of thiophene rings is 1. The third kappa shape index (κ3) is 3.53. The molecule has 2 aliphatic rings. The summed E-state index contributed by atoms with van der Waals surface area (Å²) in [6, 6.07) is 69.0. The van der Waals surface area contributed by atoms with Crippen molar-refractivity contribution in [3.05, 3.63) is 204 Å². The third-order valence-electron chi connectivity index (χ3n) is 12.7. The second-order valence-corrected chi connectivity index (χ2v) is 16.2. The summed E-state index contributed by atoms with van der Waals surface area (Å²) in [5.41, 5.74) is 15.6. The highest BCUT2D eigenvalue weighted by Crippen LogP contribution is 2.63. The maximum absolute atomic E-state index is 2.52. The molecule has 11 aromatic rings. The zero-order valence-corrected chi connectivity index (χ0v) is 30.0. The Morgan fingerprint density at radius 2 is 0.741 bits per heavy atom. The number of hydrogen-bond acceptors (Lipinski definition) is 1. The van der Waals surface area contributed by atoms with Gasteiger partial charge < -0.3 is 0 Å². The van der Waals surface area contributed by atoms with Crippen LogP contribution in [0.3, 0.4) is 0 Å². The van der Waals surface area contributed by atoms with Crippen molar-refractivity contribution in [3.63, 3.8) is 0 Å². The molecular formula is C53H30S. The van der Waals surface area contributed by atoms with E-state index < -0.39 is 0 Å². The van der Waals surface area contributed by atoms with E-state index >= 15 is 0 Å². The van der Waals surface area contributed by atoms with Crippen molar-refractivity contribution in [3.8, 4) is 44.5 Å². The van der Waals surface area contributed by atoms with Gasteiger partial charge >= 0.3 is 0 Å². The molecule has 0 bridgehead atoms. The Morgan fingerprint density at radius 3 is 1.37 bits per heavy atom. The third-order valence-corrected chi connectivity index (χ3v) is 13.8. The van der Waals surface area contributed by atoms with Crippen molar-refractivity contribution in [2.75, 3.05) is 0 Å². The van der Waals surface area contributed by atoms with Gasteiger partial charge in [0.05, 0.1) is 5.41 Å². The van der Waals surface area contributed by atoms with Crippen LogP contribution < -0.4 is 0 Å². The van der Waals surface area contributed by atoms with Crippen molar-refractivity contribution in [1.29, 1.82) is 0 Å². The molecular weight excluding hydrogens is 669 g/mol. The predicted octanol–water partition coefficient (Wildman–Crippen LogP) is 14.6. The predicted molar refractivity (Wildman–Crippen MR) is 230 cm³/mol. The van der Waals surface area contributed by atoms with Gasteiger partial charge in [-0.05, 0) is 117 Å². The highest BCUT2D eigenvalue weighted by molar-refractivity contribution is 7.25. The molecule has 13 rings (SSSR count). The van der Waals surface area contributed by atoms with Crippen LogP contribution in [0.15, 0.2) is 182 Å². The summed E-state index contributed by atoms with van der Waals surface area (Å²) in [5, 5.41) is 10.6. The van der Waals surface area contributed by atoms with Gasteiger partial charge in [-0.2, -0.15) is 0 Å². The fourth-order valence-electron chi connectivity index (χ4n) is 10.5. The second-order valence-electron chi connectivity index (χ2n) is 15.1. The van der Waals surface area contributed by atoms with Gasteiger partial charge in [0, 0.05) is 20.2 Å². The fraction of sp³-hybridized carbons (Fsp3) is 0.0189. The van der Waals surface area contributed by atoms with E-state index in [0.29, 0.717) is 0 Å². The fourth-order valence-corrected chi connectivity index (χ4v) is 11.6. The largest absolute Gasteiger partial charge is 0.135 e. The summed E-state index contributed by atoms with van der Waals surface area (Å²) in [6.07, 6.45) is 0. The van der Waals surface area contributed by atoms with Crippen molar-refractivity contribution < 1.29 is 0 Å². The summed E-state index contributed by atoms with van der Waals surface area (Å²) in [7, 11) is 0. The maximum atomic E-state index is 2.52. The minimum Gasteiger partial charge on any atom is -0.135 e. The summed E-state index contributed by atoms with van der Waals surface area (Å²) in [4.78, 5) is 0. The summed E-state index contributed by atoms with van der Waals surface area (Å²) in [5.74, 6) is 0. The topological polar surface area (TPSA) is 0 Å². The molecule has 0 atom stereocenters. The smallest absolute Gasteiger partial charge is 0.0725 e. The standard InChI is InChI=1S/C53H30S/c1-5-13-45-37(9-1)38-10-2-6-14-46(38)53(45)47-15-7-3-11-39(47)40-25-21-33(29-48(40)53)35-23-17-31-20-28-44-36(24-18-32-19-27-43(35)51(31)52(32)44)34-22-26-42-41-12-4-8-16-49(41)54-50(42)30-34/h1-30H.